The Morgan fingerprint density at radius 3 is 2.57 bits per heavy atom. The third-order valence-corrected chi connectivity index (χ3v) is 5.19. The van der Waals surface area contributed by atoms with Crippen LogP contribution in [0.25, 0.3) is 0 Å². The van der Waals surface area contributed by atoms with Gasteiger partial charge in [-0.2, -0.15) is 10.4 Å². The van der Waals surface area contributed by atoms with Crippen LogP contribution in [0.1, 0.15) is 5.56 Å². The number of amides is 1. The first-order chi connectivity index (χ1) is 13.3. The monoisotopic (exact) mass is 464 g/mol. The maximum absolute atomic E-state index is 12.2. The minimum atomic E-state index is -3.67. The van der Waals surface area contributed by atoms with Crippen molar-refractivity contribution in [3.63, 3.8) is 0 Å². The van der Waals surface area contributed by atoms with Crippen molar-refractivity contribution < 1.29 is 17.9 Å². The van der Waals surface area contributed by atoms with E-state index in [0.29, 0.717) is 21.5 Å². The summed E-state index contributed by atoms with van der Waals surface area (Å²) in [5.74, 6) is -0.0497. The summed E-state index contributed by atoms with van der Waals surface area (Å²) in [5.41, 5.74) is 3.36. The Bertz CT molecular complexity index is 1000. The van der Waals surface area contributed by atoms with E-state index in [4.69, 9.17) is 10.00 Å². The van der Waals surface area contributed by atoms with Gasteiger partial charge in [0.1, 0.15) is 18.4 Å². The summed E-state index contributed by atoms with van der Waals surface area (Å²) in [5, 5.41) is 12.3. The van der Waals surface area contributed by atoms with Crippen molar-refractivity contribution >= 4 is 43.8 Å². The fraction of sp³-hybridized carbons (Fsp3) is 0.167. The smallest absolute Gasteiger partial charge is 0.260 e. The number of nitriles is 1. The van der Waals surface area contributed by atoms with Crippen molar-refractivity contribution in [1.29, 1.82) is 5.26 Å². The SMILES string of the molecule is CS(=O)(=O)N(CC(=O)N/N=C/c1ccc(OCC#N)cc1)c1ccccc1Br. The summed E-state index contributed by atoms with van der Waals surface area (Å²) >= 11 is 3.29. The van der Waals surface area contributed by atoms with Gasteiger partial charge in [-0.1, -0.05) is 12.1 Å². The maximum Gasteiger partial charge on any atom is 0.260 e. The third-order valence-electron chi connectivity index (χ3n) is 3.40. The number of carbonyl (C=O) groups excluding carboxylic acids is 1. The Labute approximate surface area is 171 Å². The number of benzene rings is 2. The van der Waals surface area contributed by atoms with Crippen LogP contribution in [0, 0.1) is 11.3 Å². The largest absolute Gasteiger partial charge is 0.479 e. The van der Waals surface area contributed by atoms with Gasteiger partial charge in [0.25, 0.3) is 5.91 Å². The van der Waals surface area contributed by atoms with E-state index in [-0.39, 0.29) is 6.61 Å². The number of hydrogen-bond donors (Lipinski definition) is 1. The minimum absolute atomic E-state index is 0.0438. The lowest BCUT2D eigenvalue weighted by molar-refractivity contribution is -0.119. The molecule has 0 radical (unpaired) electrons. The lowest BCUT2D eigenvalue weighted by Crippen LogP contribution is -2.39. The summed E-state index contributed by atoms with van der Waals surface area (Å²) in [4.78, 5) is 12.2. The highest BCUT2D eigenvalue weighted by Gasteiger charge is 2.22. The zero-order valence-electron chi connectivity index (χ0n) is 14.9. The van der Waals surface area contributed by atoms with Crippen molar-refractivity contribution in [2.24, 2.45) is 5.10 Å². The van der Waals surface area contributed by atoms with Crippen molar-refractivity contribution in [2.75, 3.05) is 23.7 Å². The number of hydrazone groups is 1. The zero-order valence-corrected chi connectivity index (χ0v) is 17.3. The van der Waals surface area contributed by atoms with E-state index in [1.165, 1.54) is 6.21 Å². The van der Waals surface area contributed by atoms with Crippen molar-refractivity contribution in [3.05, 3.63) is 58.6 Å². The molecule has 2 aromatic rings. The summed E-state index contributed by atoms with van der Waals surface area (Å²) in [7, 11) is -3.67. The van der Waals surface area contributed by atoms with Gasteiger partial charge in [-0.05, 0) is 57.9 Å². The van der Waals surface area contributed by atoms with Crippen LogP contribution in [0.5, 0.6) is 5.75 Å². The highest BCUT2D eigenvalue weighted by molar-refractivity contribution is 9.10. The predicted molar refractivity (Wildman–Crippen MR) is 110 cm³/mol. The van der Waals surface area contributed by atoms with E-state index in [9.17, 15) is 13.2 Å². The van der Waals surface area contributed by atoms with Gasteiger partial charge < -0.3 is 4.74 Å². The van der Waals surface area contributed by atoms with Crippen molar-refractivity contribution in [1.82, 2.24) is 5.43 Å². The first-order valence-electron chi connectivity index (χ1n) is 7.95. The molecular formula is C18H17BrN4O4S. The van der Waals surface area contributed by atoms with Crippen LogP contribution in [-0.4, -0.2) is 39.9 Å². The molecule has 28 heavy (non-hydrogen) atoms. The first-order valence-corrected chi connectivity index (χ1v) is 10.6. The number of nitrogens with one attached hydrogen (secondary N) is 1. The summed E-state index contributed by atoms with van der Waals surface area (Å²) in [6, 6.07) is 15.3. The number of rotatable bonds is 8. The van der Waals surface area contributed by atoms with Gasteiger partial charge in [-0.15, -0.1) is 0 Å². The van der Waals surface area contributed by atoms with Crippen LogP contribution in [0.3, 0.4) is 0 Å². The molecule has 0 atom stereocenters. The van der Waals surface area contributed by atoms with Gasteiger partial charge in [-0.25, -0.2) is 13.8 Å². The molecule has 0 unspecified atom stereocenters. The molecule has 0 saturated heterocycles. The van der Waals surface area contributed by atoms with Crippen LogP contribution >= 0.6 is 15.9 Å². The fourth-order valence-corrected chi connectivity index (χ4v) is 3.63. The Morgan fingerprint density at radius 2 is 1.96 bits per heavy atom. The lowest BCUT2D eigenvalue weighted by Gasteiger charge is -2.22. The molecule has 0 aliphatic heterocycles. The average molecular weight is 465 g/mol. The lowest BCUT2D eigenvalue weighted by atomic mass is 10.2. The van der Waals surface area contributed by atoms with Crippen LogP contribution < -0.4 is 14.5 Å². The van der Waals surface area contributed by atoms with E-state index >= 15 is 0 Å². The van der Waals surface area contributed by atoms with E-state index in [0.717, 1.165) is 10.6 Å². The third kappa shape index (κ3) is 6.37. The molecule has 0 bridgehead atoms. The Morgan fingerprint density at radius 1 is 1.29 bits per heavy atom. The van der Waals surface area contributed by atoms with Crippen LogP contribution in [0.4, 0.5) is 5.69 Å². The van der Waals surface area contributed by atoms with Gasteiger partial charge in [0.05, 0.1) is 18.2 Å². The Hall–Kier alpha value is -2.90. The highest BCUT2D eigenvalue weighted by Crippen LogP contribution is 2.27. The number of para-hydroxylation sites is 1. The molecule has 1 N–H and O–H groups in total. The van der Waals surface area contributed by atoms with Gasteiger partial charge in [0.2, 0.25) is 10.0 Å². The summed E-state index contributed by atoms with van der Waals surface area (Å²) < 4.78 is 30.8. The molecule has 0 aliphatic rings. The van der Waals surface area contributed by atoms with Crippen LogP contribution in [-0.2, 0) is 14.8 Å². The van der Waals surface area contributed by atoms with Gasteiger partial charge in [0, 0.05) is 4.47 Å². The molecule has 0 saturated carbocycles. The van der Waals surface area contributed by atoms with Crippen molar-refractivity contribution in [3.8, 4) is 11.8 Å². The molecule has 146 valence electrons. The Kier molecular flexibility index (Phi) is 7.54. The minimum Gasteiger partial charge on any atom is -0.479 e. The molecule has 0 heterocycles. The van der Waals surface area contributed by atoms with E-state index in [2.05, 4.69) is 26.5 Å². The average Bonchev–Trinajstić information content (AvgIpc) is 2.65. The second-order valence-corrected chi connectivity index (χ2v) is 8.29. The second-order valence-electron chi connectivity index (χ2n) is 5.53. The number of hydrogen-bond acceptors (Lipinski definition) is 6. The fourth-order valence-electron chi connectivity index (χ4n) is 2.15. The molecule has 0 aliphatic carbocycles. The molecule has 0 fully saturated rings. The molecule has 2 aromatic carbocycles. The van der Waals surface area contributed by atoms with Gasteiger partial charge in [0.15, 0.2) is 6.61 Å². The second kappa shape index (κ2) is 9.87. The van der Waals surface area contributed by atoms with E-state index in [1.54, 1.807) is 48.5 Å². The number of sulfonamides is 1. The topological polar surface area (TPSA) is 112 Å². The summed E-state index contributed by atoms with van der Waals surface area (Å²) in [6.07, 6.45) is 2.44. The molecular weight excluding hydrogens is 448 g/mol. The number of nitrogens with zero attached hydrogens (tertiary/aromatic N) is 3. The van der Waals surface area contributed by atoms with Crippen LogP contribution in [0.2, 0.25) is 0 Å². The Balaban J connectivity index is 2.01. The highest BCUT2D eigenvalue weighted by atomic mass is 79.9. The first kappa shape index (κ1) is 21.4. The zero-order chi connectivity index (χ0) is 20.6. The van der Waals surface area contributed by atoms with Gasteiger partial charge in [-0.3, -0.25) is 9.10 Å². The molecule has 2 rings (SSSR count). The molecule has 0 aromatic heterocycles. The number of ether oxygens (including phenoxy) is 1. The number of carbonyl (C=O) groups is 1. The molecule has 10 heteroatoms. The number of anilines is 1. The summed E-state index contributed by atoms with van der Waals surface area (Å²) in [6.45, 7) is -0.461. The van der Waals surface area contributed by atoms with Crippen LogP contribution in [0.15, 0.2) is 58.1 Å². The normalized spacial score (nSPS) is 11.0. The maximum atomic E-state index is 12.2. The van der Waals surface area contributed by atoms with Gasteiger partial charge >= 0.3 is 0 Å². The van der Waals surface area contributed by atoms with E-state index < -0.39 is 22.5 Å². The molecule has 8 nitrogen and oxygen atoms in total. The predicted octanol–water partition coefficient (Wildman–Crippen LogP) is 2.27. The van der Waals surface area contributed by atoms with Crippen molar-refractivity contribution in [2.45, 2.75) is 0 Å². The molecule has 1 amide bonds. The number of halogens is 1. The standard InChI is InChI=1S/C18H17BrN4O4S/c1-28(25,26)23(17-5-3-2-4-16(17)19)13-18(24)22-21-12-14-6-8-15(9-7-14)27-11-10-20/h2-9,12H,11,13H2,1H3,(H,22,24)/b21-12+. The quantitative estimate of drug-likeness (QED) is 0.475. The molecule has 0 spiro atoms. The van der Waals surface area contributed by atoms with E-state index in [1.807, 2.05) is 6.07 Å².